The number of halogens is 8. The van der Waals surface area contributed by atoms with Crippen LogP contribution in [0.15, 0.2) is 41.6 Å². The van der Waals surface area contributed by atoms with Crippen LogP contribution in [0.4, 0.5) is 35.1 Å². The summed E-state index contributed by atoms with van der Waals surface area (Å²) in [5, 5.41) is 3.29. The Labute approximate surface area is 190 Å². The number of imidazole rings is 1. The number of fused-ring (bicyclic) bond motifs is 1. The highest BCUT2D eigenvalue weighted by atomic mass is 19.4. The minimum Gasteiger partial charge on any atom is -0.268 e. The van der Waals surface area contributed by atoms with E-state index in [0.29, 0.717) is 23.8 Å². The van der Waals surface area contributed by atoms with Crippen molar-refractivity contribution in [1.29, 1.82) is 0 Å². The summed E-state index contributed by atoms with van der Waals surface area (Å²) in [6, 6.07) is 4.76. The van der Waals surface area contributed by atoms with Crippen molar-refractivity contribution in [1.82, 2.24) is 28.7 Å². The van der Waals surface area contributed by atoms with Gasteiger partial charge in [0, 0.05) is 29.3 Å². The molecule has 0 spiro atoms. The Balaban J connectivity index is 1.93. The molecule has 4 aromatic heterocycles. The molecule has 0 bridgehead atoms. The molecule has 4 heterocycles. The first-order valence-electron chi connectivity index (χ1n) is 9.73. The van der Waals surface area contributed by atoms with Crippen LogP contribution in [0.1, 0.15) is 17.1 Å². The molecule has 4 rings (SSSR count). The summed E-state index contributed by atoms with van der Waals surface area (Å²) in [5.74, 6) is -5.42. The van der Waals surface area contributed by atoms with Gasteiger partial charge in [0.15, 0.2) is 5.69 Å². The van der Waals surface area contributed by atoms with Gasteiger partial charge in [0.05, 0.1) is 11.8 Å². The predicted molar refractivity (Wildman–Crippen MR) is 105 cm³/mol. The fourth-order valence-electron chi connectivity index (χ4n) is 3.47. The van der Waals surface area contributed by atoms with Gasteiger partial charge in [0.1, 0.15) is 12.4 Å². The number of pyridine rings is 1. The van der Waals surface area contributed by atoms with Gasteiger partial charge in [-0.25, -0.2) is 9.97 Å². The zero-order valence-corrected chi connectivity index (χ0v) is 17.8. The van der Waals surface area contributed by atoms with Crippen molar-refractivity contribution >= 4 is 5.78 Å². The molecule has 4 aromatic rings. The number of aryl methyl sites for hydroxylation is 2. The van der Waals surface area contributed by atoms with Crippen LogP contribution in [-0.4, -0.2) is 40.8 Å². The maximum Gasteiger partial charge on any atom is 0.455 e. The largest absolute Gasteiger partial charge is 0.455 e. The molecule has 0 fully saturated rings. The number of alkyl halides is 8. The van der Waals surface area contributed by atoms with Crippen molar-refractivity contribution in [2.75, 3.05) is 0 Å². The van der Waals surface area contributed by atoms with E-state index in [1.807, 2.05) is 0 Å². The van der Waals surface area contributed by atoms with E-state index in [4.69, 9.17) is 0 Å². The molecule has 0 amide bonds. The van der Waals surface area contributed by atoms with E-state index in [9.17, 15) is 39.9 Å². The van der Waals surface area contributed by atoms with Crippen molar-refractivity contribution in [3.05, 3.63) is 64.2 Å². The highest BCUT2D eigenvalue weighted by molar-refractivity contribution is 5.66. The number of nitrogens with zero attached hydrogens (tertiary/aromatic N) is 6. The van der Waals surface area contributed by atoms with Gasteiger partial charge in [0.25, 0.3) is 5.56 Å². The van der Waals surface area contributed by atoms with E-state index < -0.39 is 53.0 Å². The smallest absolute Gasteiger partial charge is 0.268 e. The third-order valence-electron chi connectivity index (χ3n) is 5.03. The van der Waals surface area contributed by atoms with Gasteiger partial charge in [-0.2, -0.15) is 40.2 Å². The highest BCUT2D eigenvalue weighted by Gasteiger charge is 2.57. The van der Waals surface area contributed by atoms with Crippen LogP contribution < -0.4 is 5.56 Å². The topological polar surface area (TPSA) is 70.0 Å². The first kappa shape index (κ1) is 24.3. The first-order valence-corrected chi connectivity index (χ1v) is 9.73. The molecule has 186 valence electrons. The van der Waals surface area contributed by atoms with Crippen LogP contribution in [0, 0.1) is 13.8 Å². The lowest BCUT2D eigenvalue weighted by molar-refractivity contribution is -0.287. The molecule has 0 aliphatic carbocycles. The zero-order valence-electron chi connectivity index (χ0n) is 17.8. The molecular formula is C20H14F8N6O. The van der Waals surface area contributed by atoms with Gasteiger partial charge in [-0.3, -0.25) is 18.4 Å². The van der Waals surface area contributed by atoms with E-state index in [2.05, 4.69) is 15.1 Å². The Bertz CT molecular complexity index is 1480. The average molecular weight is 506 g/mol. The summed E-state index contributed by atoms with van der Waals surface area (Å²) in [6.45, 7) is 1.18. The van der Waals surface area contributed by atoms with Crippen LogP contribution >= 0.6 is 0 Å². The summed E-state index contributed by atoms with van der Waals surface area (Å²) in [7, 11) is 0. The number of rotatable bonds is 4. The molecule has 0 saturated heterocycles. The summed E-state index contributed by atoms with van der Waals surface area (Å²) in [5.41, 5.74) is -3.70. The van der Waals surface area contributed by atoms with Gasteiger partial charge < -0.3 is 0 Å². The summed E-state index contributed by atoms with van der Waals surface area (Å²) in [4.78, 5) is 21.0. The molecule has 0 atom stereocenters. The second kappa shape index (κ2) is 7.88. The van der Waals surface area contributed by atoms with Crippen LogP contribution in [0.25, 0.3) is 22.7 Å². The van der Waals surface area contributed by atoms with E-state index in [1.165, 1.54) is 23.8 Å². The molecule has 7 nitrogen and oxygen atoms in total. The highest BCUT2D eigenvalue weighted by Crippen LogP contribution is 2.38. The summed E-state index contributed by atoms with van der Waals surface area (Å²) >= 11 is 0. The average Bonchev–Trinajstić information content (AvgIpc) is 3.29. The maximum atomic E-state index is 13.9. The van der Waals surface area contributed by atoms with Crippen LogP contribution in [-0.2, 0) is 12.7 Å². The fourth-order valence-corrected chi connectivity index (χ4v) is 3.47. The van der Waals surface area contributed by atoms with Crippen LogP contribution in [0.3, 0.4) is 0 Å². The molecule has 15 heteroatoms. The quantitative estimate of drug-likeness (QED) is 0.380. The van der Waals surface area contributed by atoms with Crippen molar-refractivity contribution in [3.63, 3.8) is 0 Å². The van der Waals surface area contributed by atoms with Crippen LogP contribution in [0.5, 0.6) is 0 Å². The SMILES string of the molecule is Cc1cccc(-n2c(C)cn3c(=O)c(-c4cnn(CC(F)(F)C(F)(F)F)c4)c(C(F)(F)F)nc23)n1. The Kier molecular flexibility index (Phi) is 5.48. The molecule has 0 aliphatic heterocycles. The minimum atomic E-state index is -5.90. The number of hydrogen-bond acceptors (Lipinski definition) is 4. The van der Waals surface area contributed by atoms with Crippen molar-refractivity contribution in [3.8, 4) is 16.9 Å². The Hall–Kier alpha value is -3.78. The molecule has 0 aliphatic rings. The third kappa shape index (κ3) is 4.25. The van der Waals surface area contributed by atoms with E-state index in [1.54, 1.807) is 19.1 Å². The van der Waals surface area contributed by atoms with E-state index in [0.717, 1.165) is 4.40 Å². The molecular weight excluding hydrogens is 492 g/mol. The predicted octanol–water partition coefficient (Wildman–Crippen LogP) is 4.58. The minimum absolute atomic E-state index is 0.115. The van der Waals surface area contributed by atoms with Gasteiger partial charge >= 0.3 is 18.3 Å². The zero-order chi connectivity index (χ0) is 25.9. The first-order chi connectivity index (χ1) is 16.1. The summed E-state index contributed by atoms with van der Waals surface area (Å²) in [6.07, 6.45) is -8.77. The van der Waals surface area contributed by atoms with Gasteiger partial charge in [-0.1, -0.05) is 6.07 Å². The van der Waals surface area contributed by atoms with Gasteiger partial charge in [-0.15, -0.1) is 0 Å². The molecule has 0 saturated carbocycles. The van der Waals surface area contributed by atoms with Gasteiger partial charge in [-0.05, 0) is 26.0 Å². The lowest BCUT2D eigenvalue weighted by atomic mass is 10.1. The Morgan fingerprint density at radius 3 is 2.23 bits per heavy atom. The third-order valence-corrected chi connectivity index (χ3v) is 5.03. The summed E-state index contributed by atoms with van der Waals surface area (Å²) < 4.78 is 108. The molecule has 0 unspecified atom stereocenters. The van der Waals surface area contributed by atoms with Gasteiger partial charge in [0.2, 0.25) is 5.78 Å². The Morgan fingerprint density at radius 2 is 1.63 bits per heavy atom. The number of hydrogen-bond donors (Lipinski definition) is 0. The van der Waals surface area contributed by atoms with E-state index in [-0.39, 0.29) is 10.5 Å². The monoisotopic (exact) mass is 506 g/mol. The molecule has 0 N–H and O–H groups in total. The van der Waals surface area contributed by atoms with Crippen molar-refractivity contribution in [2.45, 2.75) is 38.7 Å². The van der Waals surface area contributed by atoms with Crippen molar-refractivity contribution in [2.24, 2.45) is 0 Å². The number of aromatic nitrogens is 6. The van der Waals surface area contributed by atoms with E-state index >= 15 is 0 Å². The standard InChI is InChI=1S/C20H14F8N6O/c1-10-4-3-5-13(30-10)34-11(2)7-33-16(35)14(15(19(23,24)25)31-17(33)34)12-6-29-32(8-12)9-18(21,22)20(26,27)28/h3-8H,9H2,1-2H3. The maximum absolute atomic E-state index is 13.9. The molecule has 0 aromatic carbocycles. The lowest BCUT2D eigenvalue weighted by Gasteiger charge is -2.19. The van der Waals surface area contributed by atoms with Crippen molar-refractivity contribution < 1.29 is 35.1 Å². The van der Waals surface area contributed by atoms with Crippen LogP contribution in [0.2, 0.25) is 0 Å². The Morgan fingerprint density at radius 1 is 0.943 bits per heavy atom. The normalized spacial score (nSPS) is 13.1. The molecule has 35 heavy (non-hydrogen) atoms. The molecule has 0 radical (unpaired) electrons. The fraction of sp³-hybridized carbons (Fsp3) is 0.300. The second-order valence-corrected chi connectivity index (χ2v) is 7.68. The lowest BCUT2D eigenvalue weighted by Crippen LogP contribution is -2.40. The second-order valence-electron chi connectivity index (χ2n) is 7.68.